The summed E-state index contributed by atoms with van der Waals surface area (Å²) in [5, 5.41) is 0. The van der Waals surface area contributed by atoms with Crippen molar-refractivity contribution in [1.29, 1.82) is 0 Å². The number of ketones is 1. The third-order valence-corrected chi connectivity index (χ3v) is 2.26. The summed E-state index contributed by atoms with van der Waals surface area (Å²) in [6.45, 7) is 1.46. The lowest BCUT2D eigenvalue weighted by atomic mass is 10.1. The molecule has 0 aliphatic heterocycles. The van der Waals surface area contributed by atoms with Crippen LogP contribution in [0.3, 0.4) is 0 Å². The lowest BCUT2D eigenvalue weighted by Gasteiger charge is -2.13. The number of halogens is 1. The molecule has 2 N–H and O–H groups in total. The molecule has 0 radical (unpaired) electrons. The van der Waals surface area contributed by atoms with E-state index in [0.717, 1.165) is 0 Å². The Morgan fingerprint density at radius 3 is 2.38 bits per heavy atom. The van der Waals surface area contributed by atoms with Gasteiger partial charge in [0, 0.05) is 0 Å². The number of Topliss-reactive ketones (excluding diaryl/α,β-unsaturated/α-hetero) is 1. The predicted octanol–water partition coefficient (Wildman–Crippen LogP) is 1.29. The van der Waals surface area contributed by atoms with Crippen molar-refractivity contribution in [3.8, 4) is 11.5 Å². The third kappa shape index (κ3) is 1.99. The maximum absolute atomic E-state index is 13.9. The monoisotopic (exact) mass is 227 g/mol. The van der Waals surface area contributed by atoms with E-state index in [9.17, 15) is 9.18 Å². The Morgan fingerprint density at radius 2 is 1.94 bits per heavy atom. The number of hydrogen-bond acceptors (Lipinski definition) is 4. The molecule has 88 valence electrons. The molecule has 0 aromatic heterocycles. The fourth-order valence-electron chi connectivity index (χ4n) is 1.50. The number of carbonyl (C=O) groups excluding carboxylic acids is 1. The van der Waals surface area contributed by atoms with Crippen LogP contribution >= 0.6 is 0 Å². The number of aryl methyl sites for hydroxylation is 1. The Labute approximate surface area is 93.2 Å². The quantitative estimate of drug-likeness (QED) is 0.787. The molecule has 0 spiro atoms. The number of carbonyl (C=O) groups is 1. The van der Waals surface area contributed by atoms with Crippen LogP contribution in [0, 0.1) is 12.7 Å². The van der Waals surface area contributed by atoms with Gasteiger partial charge in [0.05, 0.1) is 26.3 Å². The molecule has 0 heterocycles. The van der Waals surface area contributed by atoms with Gasteiger partial charge < -0.3 is 15.2 Å². The Kier molecular flexibility index (Phi) is 3.84. The Bertz CT molecular complexity index is 418. The van der Waals surface area contributed by atoms with Crippen molar-refractivity contribution >= 4 is 5.78 Å². The first-order chi connectivity index (χ1) is 7.56. The van der Waals surface area contributed by atoms with Crippen LogP contribution in [0.5, 0.6) is 11.5 Å². The summed E-state index contributed by atoms with van der Waals surface area (Å²) in [7, 11) is 2.73. The summed E-state index contributed by atoms with van der Waals surface area (Å²) < 4.78 is 23.8. The predicted molar refractivity (Wildman–Crippen MR) is 57.6 cm³/mol. The van der Waals surface area contributed by atoms with Gasteiger partial charge in [0.25, 0.3) is 0 Å². The van der Waals surface area contributed by atoms with Gasteiger partial charge in [0.2, 0.25) is 0 Å². The summed E-state index contributed by atoms with van der Waals surface area (Å²) in [6, 6.07) is 1.41. The van der Waals surface area contributed by atoms with Crippen LogP contribution < -0.4 is 15.2 Å². The molecule has 1 rings (SSSR count). The van der Waals surface area contributed by atoms with Gasteiger partial charge in [-0.3, -0.25) is 4.79 Å². The van der Waals surface area contributed by atoms with Crippen molar-refractivity contribution in [3.05, 3.63) is 23.0 Å². The highest BCUT2D eigenvalue weighted by Gasteiger charge is 2.21. The molecule has 0 fully saturated rings. The SMILES string of the molecule is COc1c(C)cc(C(=O)CN)c(F)c1OC. The molecule has 0 atom stereocenters. The van der Waals surface area contributed by atoms with Crippen LogP contribution in [0.15, 0.2) is 6.07 Å². The fraction of sp³-hybridized carbons (Fsp3) is 0.364. The molecule has 1 aromatic carbocycles. The zero-order valence-corrected chi connectivity index (χ0v) is 9.46. The van der Waals surface area contributed by atoms with Crippen LogP contribution in [0.2, 0.25) is 0 Å². The van der Waals surface area contributed by atoms with E-state index in [1.807, 2.05) is 0 Å². The van der Waals surface area contributed by atoms with Gasteiger partial charge in [-0.05, 0) is 18.6 Å². The molecule has 1 aromatic rings. The molecule has 5 heteroatoms. The van der Waals surface area contributed by atoms with Crippen LogP contribution in [0.4, 0.5) is 4.39 Å². The number of hydrogen-bond donors (Lipinski definition) is 1. The minimum absolute atomic E-state index is 0.0701. The summed E-state index contributed by atoms with van der Waals surface area (Å²) in [5.74, 6) is -0.991. The molecule has 0 bridgehead atoms. The van der Waals surface area contributed by atoms with E-state index in [0.29, 0.717) is 5.56 Å². The molecular formula is C11H14FNO3. The number of methoxy groups -OCH3 is 2. The Balaban J connectivity index is 3.45. The summed E-state index contributed by atoms with van der Waals surface area (Å²) in [6.07, 6.45) is 0. The highest BCUT2D eigenvalue weighted by molar-refractivity contribution is 5.98. The van der Waals surface area contributed by atoms with E-state index in [4.69, 9.17) is 15.2 Å². The molecule has 16 heavy (non-hydrogen) atoms. The van der Waals surface area contributed by atoms with E-state index in [1.54, 1.807) is 6.92 Å². The topological polar surface area (TPSA) is 61.5 Å². The summed E-state index contributed by atoms with van der Waals surface area (Å²) in [5.41, 5.74) is 5.75. The minimum atomic E-state index is -0.736. The maximum atomic E-state index is 13.9. The highest BCUT2D eigenvalue weighted by Crippen LogP contribution is 2.35. The van der Waals surface area contributed by atoms with E-state index < -0.39 is 11.6 Å². The van der Waals surface area contributed by atoms with Crippen molar-refractivity contribution in [1.82, 2.24) is 0 Å². The van der Waals surface area contributed by atoms with Gasteiger partial charge in [-0.25, -0.2) is 4.39 Å². The van der Waals surface area contributed by atoms with Gasteiger partial charge in [-0.15, -0.1) is 0 Å². The van der Waals surface area contributed by atoms with E-state index in [1.165, 1.54) is 20.3 Å². The van der Waals surface area contributed by atoms with Crippen LogP contribution in [0.1, 0.15) is 15.9 Å². The van der Waals surface area contributed by atoms with Gasteiger partial charge in [-0.1, -0.05) is 0 Å². The molecular weight excluding hydrogens is 213 g/mol. The second kappa shape index (κ2) is 4.94. The molecule has 0 unspecified atom stereocenters. The normalized spacial score (nSPS) is 10.1. The van der Waals surface area contributed by atoms with Gasteiger partial charge >= 0.3 is 0 Å². The molecule has 0 aliphatic rings. The minimum Gasteiger partial charge on any atom is -0.492 e. The van der Waals surface area contributed by atoms with Crippen LogP contribution in [0.25, 0.3) is 0 Å². The third-order valence-electron chi connectivity index (χ3n) is 2.26. The molecule has 4 nitrogen and oxygen atoms in total. The first-order valence-electron chi connectivity index (χ1n) is 4.71. The lowest BCUT2D eigenvalue weighted by Crippen LogP contribution is -2.16. The average molecular weight is 227 g/mol. The number of nitrogens with two attached hydrogens (primary N) is 1. The number of benzene rings is 1. The fourth-order valence-corrected chi connectivity index (χ4v) is 1.50. The average Bonchev–Trinajstić information content (AvgIpc) is 2.29. The Hall–Kier alpha value is -1.62. The van der Waals surface area contributed by atoms with Crippen molar-refractivity contribution < 1.29 is 18.7 Å². The summed E-state index contributed by atoms with van der Waals surface area (Å²) >= 11 is 0. The van der Waals surface area contributed by atoms with Crippen LogP contribution in [-0.2, 0) is 0 Å². The molecule has 0 saturated heterocycles. The summed E-state index contributed by atoms with van der Waals surface area (Å²) in [4.78, 5) is 11.4. The molecule has 0 aliphatic carbocycles. The van der Waals surface area contributed by atoms with Crippen molar-refractivity contribution in [2.45, 2.75) is 6.92 Å². The maximum Gasteiger partial charge on any atom is 0.197 e. The van der Waals surface area contributed by atoms with Crippen LogP contribution in [-0.4, -0.2) is 26.5 Å². The van der Waals surface area contributed by atoms with E-state index in [2.05, 4.69) is 0 Å². The molecule has 0 amide bonds. The van der Waals surface area contributed by atoms with E-state index >= 15 is 0 Å². The van der Waals surface area contributed by atoms with Gasteiger partial charge in [0.1, 0.15) is 0 Å². The second-order valence-electron chi connectivity index (χ2n) is 3.25. The van der Waals surface area contributed by atoms with Crippen molar-refractivity contribution in [2.24, 2.45) is 5.73 Å². The Morgan fingerprint density at radius 1 is 1.38 bits per heavy atom. The smallest absolute Gasteiger partial charge is 0.197 e. The van der Waals surface area contributed by atoms with Crippen molar-refractivity contribution in [2.75, 3.05) is 20.8 Å². The van der Waals surface area contributed by atoms with E-state index in [-0.39, 0.29) is 23.6 Å². The standard InChI is InChI=1S/C11H14FNO3/c1-6-4-7(8(14)5-13)9(12)11(16-3)10(6)15-2/h4H,5,13H2,1-3H3. The number of ether oxygens (including phenoxy) is 2. The second-order valence-corrected chi connectivity index (χ2v) is 3.25. The van der Waals surface area contributed by atoms with Gasteiger partial charge in [-0.2, -0.15) is 0 Å². The zero-order chi connectivity index (χ0) is 12.3. The zero-order valence-electron chi connectivity index (χ0n) is 9.46. The lowest BCUT2D eigenvalue weighted by molar-refractivity contribution is 0.0996. The number of rotatable bonds is 4. The molecule has 0 saturated carbocycles. The van der Waals surface area contributed by atoms with Gasteiger partial charge in [0.15, 0.2) is 23.1 Å². The largest absolute Gasteiger partial charge is 0.492 e. The first kappa shape index (κ1) is 12.4. The first-order valence-corrected chi connectivity index (χ1v) is 4.71. The van der Waals surface area contributed by atoms with Crippen molar-refractivity contribution in [3.63, 3.8) is 0 Å². The highest BCUT2D eigenvalue weighted by atomic mass is 19.1.